The molecule has 1 saturated carbocycles. The zero-order valence-corrected chi connectivity index (χ0v) is 9.58. The summed E-state index contributed by atoms with van der Waals surface area (Å²) in [6, 6.07) is 4.25. The molecule has 1 fully saturated rings. The highest BCUT2D eigenvalue weighted by Gasteiger charge is 2.08. The summed E-state index contributed by atoms with van der Waals surface area (Å²) >= 11 is 0. The van der Waals surface area contributed by atoms with Crippen molar-refractivity contribution in [2.24, 2.45) is 11.0 Å². The molecule has 1 rings (SSSR count). The van der Waals surface area contributed by atoms with E-state index in [1.807, 2.05) is 0 Å². The van der Waals surface area contributed by atoms with Crippen molar-refractivity contribution < 1.29 is 0 Å². The van der Waals surface area contributed by atoms with E-state index in [1.165, 1.54) is 25.0 Å². The molecular formula is C12H18N4. The zero-order chi connectivity index (χ0) is 11.6. The first-order valence-corrected chi connectivity index (χ1v) is 5.91. The van der Waals surface area contributed by atoms with Crippen LogP contribution in [-0.4, -0.2) is 12.3 Å². The van der Waals surface area contributed by atoms with Crippen LogP contribution >= 0.6 is 0 Å². The van der Waals surface area contributed by atoms with E-state index in [1.54, 1.807) is 0 Å². The second-order valence-corrected chi connectivity index (χ2v) is 4.12. The van der Waals surface area contributed by atoms with E-state index in [0.29, 0.717) is 19.4 Å². The number of hydrazone groups is 1. The molecule has 0 amide bonds. The van der Waals surface area contributed by atoms with Gasteiger partial charge in [0.2, 0.25) is 0 Å². The number of hydrogen-bond acceptors (Lipinski definition) is 4. The SMILES string of the molecule is N#CCCC(C#N)CNN=C1CCCCC1. The molecule has 0 saturated heterocycles. The van der Waals surface area contributed by atoms with Crippen molar-refractivity contribution in [2.45, 2.75) is 44.9 Å². The average molecular weight is 218 g/mol. The third kappa shape index (κ3) is 4.79. The van der Waals surface area contributed by atoms with Gasteiger partial charge >= 0.3 is 0 Å². The van der Waals surface area contributed by atoms with Crippen molar-refractivity contribution in [3.05, 3.63) is 0 Å². The third-order valence-electron chi connectivity index (χ3n) is 2.79. The number of hydrogen-bond donors (Lipinski definition) is 1. The number of nitrogens with one attached hydrogen (secondary N) is 1. The minimum atomic E-state index is -0.104. The molecule has 1 N–H and O–H groups in total. The number of nitrogens with zero attached hydrogens (tertiary/aromatic N) is 3. The summed E-state index contributed by atoms with van der Waals surface area (Å²) < 4.78 is 0. The van der Waals surface area contributed by atoms with Gasteiger partial charge in [0.25, 0.3) is 0 Å². The highest BCUT2D eigenvalue weighted by atomic mass is 15.3. The Labute approximate surface area is 96.9 Å². The maximum absolute atomic E-state index is 8.84. The molecule has 1 aliphatic carbocycles. The predicted octanol–water partition coefficient (Wildman–Crippen LogP) is 2.34. The lowest BCUT2D eigenvalue weighted by molar-refractivity contribution is 0.548. The Morgan fingerprint density at radius 1 is 1.25 bits per heavy atom. The molecular weight excluding hydrogens is 200 g/mol. The van der Waals surface area contributed by atoms with Crippen LogP contribution in [0.3, 0.4) is 0 Å². The molecule has 0 aromatic heterocycles. The summed E-state index contributed by atoms with van der Waals surface area (Å²) in [6.45, 7) is 0.557. The highest BCUT2D eigenvalue weighted by Crippen LogP contribution is 2.14. The van der Waals surface area contributed by atoms with Gasteiger partial charge in [0.1, 0.15) is 0 Å². The third-order valence-corrected chi connectivity index (χ3v) is 2.79. The molecule has 86 valence electrons. The van der Waals surface area contributed by atoms with Crippen LogP contribution in [0.4, 0.5) is 0 Å². The maximum atomic E-state index is 8.84. The fraction of sp³-hybridized carbons (Fsp3) is 0.750. The van der Waals surface area contributed by atoms with Gasteiger partial charge in [-0.05, 0) is 32.1 Å². The van der Waals surface area contributed by atoms with E-state index in [-0.39, 0.29) is 5.92 Å². The van der Waals surface area contributed by atoms with Crippen molar-refractivity contribution in [1.29, 1.82) is 10.5 Å². The lowest BCUT2D eigenvalue weighted by Gasteiger charge is -2.13. The summed E-state index contributed by atoms with van der Waals surface area (Å²) in [5.41, 5.74) is 4.20. The standard InChI is InChI=1S/C12H18N4/c13-8-4-5-11(9-14)10-15-16-12-6-2-1-3-7-12/h11,15H,1-7,10H2. The Hall–Kier alpha value is -1.55. The monoisotopic (exact) mass is 218 g/mol. The van der Waals surface area contributed by atoms with Gasteiger partial charge < -0.3 is 5.43 Å². The van der Waals surface area contributed by atoms with Crippen molar-refractivity contribution in [1.82, 2.24) is 5.43 Å². The van der Waals surface area contributed by atoms with Crippen LogP contribution in [0, 0.1) is 28.6 Å². The van der Waals surface area contributed by atoms with Gasteiger partial charge in [0.05, 0.1) is 18.1 Å². The summed E-state index contributed by atoms with van der Waals surface area (Å²) in [6.07, 6.45) is 7.02. The van der Waals surface area contributed by atoms with Crippen molar-refractivity contribution in [2.75, 3.05) is 6.54 Å². The van der Waals surface area contributed by atoms with Crippen LogP contribution in [-0.2, 0) is 0 Å². The van der Waals surface area contributed by atoms with Crippen LogP contribution in [0.25, 0.3) is 0 Å². The molecule has 0 bridgehead atoms. The average Bonchev–Trinajstić information content (AvgIpc) is 2.35. The summed E-state index contributed by atoms with van der Waals surface area (Å²) in [7, 11) is 0. The minimum absolute atomic E-state index is 0.104. The number of nitriles is 2. The smallest absolute Gasteiger partial charge is 0.0675 e. The molecule has 1 atom stereocenters. The van der Waals surface area contributed by atoms with Crippen LogP contribution < -0.4 is 5.43 Å². The molecule has 4 nitrogen and oxygen atoms in total. The Bertz CT molecular complexity index is 300. The largest absolute Gasteiger partial charge is 0.309 e. The number of rotatable bonds is 5. The first kappa shape index (κ1) is 12.5. The molecule has 16 heavy (non-hydrogen) atoms. The van der Waals surface area contributed by atoms with E-state index >= 15 is 0 Å². The van der Waals surface area contributed by atoms with E-state index in [0.717, 1.165) is 12.8 Å². The first-order valence-electron chi connectivity index (χ1n) is 5.91. The molecule has 1 aliphatic rings. The maximum Gasteiger partial charge on any atom is 0.0675 e. The summed E-state index contributed by atoms with van der Waals surface area (Å²) in [4.78, 5) is 0. The first-order chi connectivity index (χ1) is 7.86. The second kappa shape index (κ2) is 7.70. The predicted molar refractivity (Wildman–Crippen MR) is 62.5 cm³/mol. The lowest BCUT2D eigenvalue weighted by atomic mass is 9.99. The van der Waals surface area contributed by atoms with Gasteiger partial charge in [-0.3, -0.25) is 0 Å². The van der Waals surface area contributed by atoms with Gasteiger partial charge in [0.15, 0.2) is 0 Å². The molecule has 0 aromatic carbocycles. The Kier molecular flexibility index (Phi) is 6.03. The molecule has 1 unspecified atom stereocenters. The molecule has 0 heterocycles. The molecule has 0 aliphatic heterocycles. The minimum Gasteiger partial charge on any atom is -0.309 e. The van der Waals surface area contributed by atoms with Crippen molar-refractivity contribution in [3.63, 3.8) is 0 Å². The molecule has 4 heteroatoms. The lowest BCUT2D eigenvalue weighted by Crippen LogP contribution is -2.19. The molecule has 0 spiro atoms. The Morgan fingerprint density at radius 3 is 2.62 bits per heavy atom. The van der Waals surface area contributed by atoms with Crippen molar-refractivity contribution >= 4 is 5.71 Å². The summed E-state index contributed by atoms with van der Waals surface area (Å²) in [5.74, 6) is -0.104. The van der Waals surface area contributed by atoms with Crippen LogP contribution in [0.1, 0.15) is 44.9 Å². The van der Waals surface area contributed by atoms with Crippen LogP contribution in [0.15, 0.2) is 5.10 Å². The van der Waals surface area contributed by atoms with E-state index in [9.17, 15) is 0 Å². The van der Waals surface area contributed by atoms with E-state index < -0.39 is 0 Å². The normalized spacial score (nSPS) is 17.0. The van der Waals surface area contributed by atoms with Gasteiger partial charge in [-0.1, -0.05) is 6.42 Å². The summed E-state index contributed by atoms with van der Waals surface area (Å²) in [5, 5.41) is 21.6. The Morgan fingerprint density at radius 2 is 2.00 bits per heavy atom. The molecule has 0 aromatic rings. The Balaban J connectivity index is 2.22. The van der Waals surface area contributed by atoms with Crippen LogP contribution in [0.5, 0.6) is 0 Å². The van der Waals surface area contributed by atoms with Gasteiger partial charge in [-0.2, -0.15) is 15.6 Å². The zero-order valence-electron chi connectivity index (χ0n) is 9.58. The second-order valence-electron chi connectivity index (χ2n) is 4.12. The molecule has 0 radical (unpaired) electrons. The van der Waals surface area contributed by atoms with Gasteiger partial charge in [-0.25, -0.2) is 0 Å². The van der Waals surface area contributed by atoms with Crippen LogP contribution in [0.2, 0.25) is 0 Å². The quantitative estimate of drug-likeness (QED) is 0.720. The van der Waals surface area contributed by atoms with Gasteiger partial charge in [-0.15, -0.1) is 0 Å². The highest BCUT2D eigenvalue weighted by molar-refractivity contribution is 5.84. The van der Waals surface area contributed by atoms with Crippen molar-refractivity contribution in [3.8, 4) is 12.1 Å². The van der Waals surface area contributed by atoms with Gasteiger partial charge in [0, 0.05) is 18.7 Å². The van der Waals surface area contributed by atoms with E-state index in [2.05, 4.69) is 22.7 Å². The topological polar surface area (TPSA) is 72.0 Å². The fourth-order valence-corrected chi connectivity index (χ4v) is 1.79. The fourth-order valence-electron chi connectivity index (χ4n) is 1.79. The van der Waals surface area contributed by atoms with E-state index in [4.69, 9.17) is 10.5 Å².